The van der Waals surface area contributed by atoms with E-state index in [2.05, 4.69) is 4.74 Å². The largest absolute Gasteiger partial charge is 0.467 e. The number of β-amino-alcohol motifs (C(OH)–C–C–N with tert-alkyl or cyclic N) is 1. The van der Waals surface area contributed by atoms with Crippen LogP contribution >= 0.6 is 45.8 Å². The number of esters is 1. The number of likely N-dealkylation sites (tertiary alicyclic amines) is 1. The summed E-state index contributed by atoms with van der Waals surface area (Å²) >= 11 is 13.9. The van der Waals surface area contributed by atoms with Gasteiger partial charge in [0, 0.05) is 21.6 Å². The van der Waals surface area contributed by atoms with E-state index in [0.717, 1.165) is 0 Å². The number of hydrogen-bond acceptors (Lipinski definition) is 4. The van der Waals surface area contributed by atoms with Crippen LogP contribution in [0.3, 0.4) is 0 Å². The molecule has 1 aromatic rings. The Morgan fingerprint density at radius 2 is 2.10 bits per heavy atom. The van der Waals surface area contributed by atoms with E-state index in [1.807, 2.05) is 22.6 Å². The topological polar surface area (TPSA) is 66.8 Å². The molecule has 114 valence electrons. The molecule has 0 saturated carbocycles. The molecular formula is C13H12Cl2INO4. The Balaban J connectivity index is 2.37. The smallest absolute Gasteiger partial charge is 0.328 e. The number of nitrogens with zero attached hydrogens (tertiary/aromatic N) is 1. The van der Waals surface area contributed by atoms with Gasteiger partial charge in [-0.2, -0.15) is 0 Å². The zero-order valence-electron chi connectivity index (χ0n) is 11.0. The third-order valence-corrected chi connectivity index (χ3v) is 5.23. The summed E-state index contributed by atoms with van der Waals surface area (Å²) in [6, 6.07) is 2.24. The van der Waals surface area contributed by atoms with Gasteiger partial charge in [-0.25, -0.2) is 4.79 Å². The monoisotopic (exact) mass is 443 g/mol. The second-order valence-electron chi connectivity index (χ2n) is 4.64. The fourth-order valence-electron chi connectivity index (χ4n) is 2.26. The van der Waals surface area contributed by atoms with Crippen LogP contribution in [-0.2, 0) is 9.53 Å². The molecular weight excluding hydrogens is 432 g/mol. The van der Waals surface area contributed by atoms with Crippen molar-refractivity contribution in [3.05, 3.63) is 31.3 Å². The van der Waals surface area contributed by atoms with Crippen LogP contribution in [0.4, 0.5) is 0 Å². The van der Waals surface area contributed by atoms with Crippen molar-refractivity contribution in [2.24, 2.45) is 0 Å². The Kier molecular flexibility index (Phi) is 5.34. The number of ether oxygens (including phenoxy) is 1. The summed E-state index contributed by atoms with van der Waals surface area (Å²) in [5.74, 6) is -0.959. The van der Waals surface area contributed by atoms with Crippen LogP contribution in [0.1, 0.15) is 16.8 Å². The van der Waals surface area contributed by atoms with Crippen molar-refractivity contribution in [3.8, 4) is 0 Å². The average Bonchev–Trinajstić information content (AvgIpc) is 2.83. The Hall–Kier alpha value is -0.570. The van der Waals surface area contributed by atoms with Crippen LogP contribution in [0, 0.1) is 3.57 Å². The number of hydrogen-bond donors (Lipinski definition) is 1. The van der Waals surface area contributed by atoms with E-state index in [0.29, 0.717) is 19.2 Å². The Labute approximate surface area is 145 Å². The van der Waals surface area contributed by atoms with Gasteiger partial charge < -0.3 is 14.7 Å². The standard InChI is InChI=1S/C13H12Cl2INO4/c1-21-13(20)10-4-7(18)5-17(10)12(19)8-2-6(14)3-9(15)11(8)16/h2-3,7,10,18H,4-5H2,1H3. The molecule has 5 nitrogen and oxygen atoms in total. The first-order valence-corrected chi connectivity index (χ1v) is 7.90. The van der Waals surface area contributed by atoms with Gasteiger partial charge in [0.05, 0.1) is 23.8 Å². The van der Waals surface area contributed by atoms with E-state index in [-0.39, 0.29) is 13.0 Å². The van der Waals surface area contributed by atoms with Gasteiger partial charge in [-0.15, -0.1) is 0 Å². The van der Waals surface area contributed by atoms with Crippen molar-refractivity contribution in [3.63, 3.8) is 0 Å². The van der Waals surface area contributed by atoms with Gasteiger partial charge in [0.2, 0.25) is 0 Å². The Morgan fingerprint density at radius 3 is 2.71 bits per heavy atom. The Morgan fingerprint density at radius 1 is 1.43 bits per heavy atom. The van der Waals surface area contributed by atoms with Crippen LogP contribution in [-0.4, -0.2) is 47.7 Å². The van der Waals surface area contributed by atoms with Gasteiger partial charge in [0.25, 0.3) is 5.91 Å². The molecule has 1 aromatic carbocycles. The van der Waals surface area contributed by atoms with Crippen molar-refractivity contribution in [1.29, 1.82) is 0 Å². The fraction of sp³-hybridized carbons (Fsp3) is 0.385. The van der Waals surface area contributed by atoms with Crippen molar-refractivity contribution in [2.75, 3.05) is 13.7 Å². The number of amides is 1. The number of carbonyl (C=O) groups excluding carboxylic acids is 2. The highest BCUT2D eigenvalue weighted by molar-refractivity contribution is 14.1. The van der Waals surface area contributed by atoms with E-state index in [1.54, 1.807) is 0 Å². The summed E-state index contributed by atoms with van der Waals surface area (Å²) in [5.41, 5.74) is 0.302. The van der Waals surface area contributed by atoms with E-state index in [4.69, 9.17) is 23.2 Å². The molecule has 8 heteroatoms. The van der Waals surface area contributed by atoms with Gasteiger partial charge in [-0.3, -0.25) is 4.79 Å². The van der Waals surface area contributed by atoms with Crippen molar-refractivity contribution in [2.45, 2.75) is 18.6 Å². The molecule has 1 amide bonds. The maximum absolute atomic E-state index is 12.6. The predicted octanol–water partition coefficient (Wildman–Crippen LogP) is 2.35. The maximum Gasteiger partial charge on any atom is 0.328 e. The van der Waals surface area contributed by atoms with Crippen molar-refractivity contribution >= 4 is 57.7 Å². The zero-order valence-corrected chi connectivity index (χ0v) is 14.6. The van der Waals surface area contributed by atoms with Crippen LogP contribution in [0.2, 0.25) is 10.0 Å². The molecule has 1 fully saturated rings. The molecule has 1 heterocycles. The lowest BCUT2D eigenvalue weighted by molar-refractivity contribution is -0.145. The van der Waals surface area contributed by atoms with Crippen molar-refractivity contribution < 1.29 is 19.4 Å². The highest BCUT2D eigenvalue weighted by atomic mass is 127. The van der Waals surface area contributed by atoms with Crippen LogP contribution < -0.4 is 0 Å². The normalized spacial score (nSPS) is 21.5. The molecule has 1 saturated heterocycles. The molecule has 0 aliphatic carbocycles. The molecule has 2 rings (SSSR count). The van der Waals surface area contributed by atoms with Gasteiger partial charge in [0.15, 0.2) is 0 Å². The molecule has 0 radical (unpaired) electrons. The van der Waals surface area contributed by atoms with Crippen LogP contribution in [0.25, 0.3) is 0 Å². The lowest BCUT2D eigenvalue weighted by Gasteiger charge is -2.23. The summed E-state index contributed by atoms with van der Waals surface area (Å²) in [5, 5.41) is 10.4. The second-order valence-corrected chi connectivity index (χ2v) is 6.56. The van der Waals surface area contributed by atoms with E-state index >= 15 is 0 Å². The quantitative estimate of drug-likeness (QED) is 0.433. The lowest BCUT2D eigenvalue weighted by atomic mass is 10.1. The summed E-state index contributed by atoms with van der Waals surface area (Å²) in [6.07, 6.45) is -0.603. The number of halogens is 3. The van der Waals surface area contributed by atoms with E-state index in [1.165, 1.54) is 24.1 Å². The minimum Gasteiger partial charge on any atom is -0.467 e. The molecule has 1 aliphatic heterocycles. The third-order valence-electron chi connectivity index (χ3n) is 3.24. The lowest BCUT2D eigenvalue weighted by Crippen LogP contribution is -2.41. The summed E-state index contributed by atoms with van der Waals surface area (Å²) in [7, 11) is 1.25. The maximum atomic E-state index is 12.6. The van der Waals surface area contributed by atoms with E-state index < -0.39 is 24.0 Å². The fourth-order valence-corrected chi connectivity index (χ4v) is 3.30. The minimum atomic E-state index is -0.800. The molecule has 21 heavy (non-hydrogen) atoms. The number of methoxy groups -OCH3 is 1. The zero-order chi connectivity index (χ0) is 15.7. The first-order chi connectivity index (χ1) is 9.85. The first kappa shape index (κ1) is 16.8. The summed E-state index contributed by atoms with van der Waals surface area (Å²) in [6.45, 7) is 0.0683. The number of benzene rings is 1. The number of aliphatic hydroxyl groups is 1. The molecule has 2 unspecified atom stereocenters. The molecule has 0 bridgehead atoms. The summed E-state index contributed by atoms with van der Waals surface area (Å²) in [4.78, 5) is 25.7. The minimum absolute atomic E-state index is 0.0683. The highest BCUT2D eigenvalue weighted by Crippen LogP contribution is 2.30. The molecule has 0 spiro atoms. The van der Waals surface area contributed by atoms with Gasteiger partial charge >= 0.3 is 5.97 Å². The number of aliphatic hydroxyl groups excluding tert-OH is 1. The van der Waals surface area contributed by atoms with Crippen LogP contribution in [0.15, 0.2) is 12.1 Å². The number of rotatable bonds is 2. The molecule has 0 aromatic heterocycles. The van der Waals surface area contributed by atoms with Crippen molar-refractivity contribution in [1.82, 2.24) is 4.90 Å². The highest BCUT2D eigenvalue weighted by Gasteiger charge is 2.40. The molecule has 2 atom stereocenters. The number of carbonyl (C=O) groups is 2. The molecule has 1 N–H and O–H groups in total. The predicted molar refractivity (Wildman–Crippen MR) is 86.6 cm³/mol. The Bertz CT molecular complexity index is 596. The second kappa shape index (κ2) is 6.68. The van der Waals surface area contributed by atoms with E-state index in [9.17, 15) is 14.7 Å². The third kappa shape index (κ3) is 3.44. The average molecular weight is 444 g/mol. The van der Waals surface area contributed by atoms with Crippen LogP contribution in [0.5, 0.6) is 0 Å². The van der Waals surface area contributed by atoms with Gasteiger partial charge in [-0.1, -0.05) is 23.2 Å². The van der Waals surface area contributed by atoms with Gasteiger partial charge in [-0.05, 0) is 34.7 Å². The molecule has 1 aliphatic rings. The summed E-state index contributed by atoms with van der Waals surface area (Å²) < 4.78 is 5.23. The SMILES string of the molecule is COC(=O)C1CC(O)CN1C(=O)c1cc(Cl)cc(Cl)c1I. The van der Waals surface area contributed by atoms with Gasteiger partial charge in [0.1, 0.15) is 6.04 Å². The first-order valence-electron chi connectivity index (χ1n) is 6.06.